The number of hydrogen-bond acceptors (Lipinski definition) is 2. The molecule has 4 aromatic carbocycles. The number of rotatable bonds is 3. The summed E-state index contributed by atoms with van der Waals surface area (Å²) in [5.41, 5.74) is 11.4. The second-order valence-electron chi connectivity index (χ2n) is 8.42. The summed E-state index contributed by atoms with van der Waals surface area (Å²) in [4.78, 5) is 6.78. The predicted molar refractivity (Wildman–Crippen MR) is 135 cm³/mol. The first-order valence-electron chi connectivity index (χ1n) is 11.2. The zero-order chi connectivity index (χ0) is 21.7. The van der Waals surface area contributed by atoms with E-state index in [9.17, 15) is 0 Å². The van der Waals surface area contributed by atoms with Crippen LogP contribution in [0.15, 0.2) is 97.3 Å². The maximum atomic E-state index is 4.42. The Hall–Kier alpha value is -3.91. The van der Waals surface area contributed by atoms with Crippen LogP contribution in [-0.4, -0.2) is 4.98 Å². The molecule has 2 heteroatoms. The zero-order valence-electron chi connectivity index (χ0n) is 18.3. The monoisotopic (exact) mass is 412 g/mol. The number of pyridine rings is 1. The number of anilines is 3. The highest BCUT2D eigenvalue weighted by molar-refractivity contribution is 6.14. The normalized spacial score (nSPS) is 12.1. The summed E-state index contributed by atoms with van der Waals surface area (Å²) in [7, 11) is 0. The SMILES string of the molecule is CCc1ccccc1-c1cc2c(cc1C)N(c1cccnc1)c1cccc3cccc-2c13. The van der Waals surface area contributed by atoms with Gasteiger partial charge in [-0.2, -0.15) is 0 Å². The fourth-order valence-corrected chi connectivity index (χ4v) is 5.10. The Morgan fingerprint density at radius 1 is 0.719 bits per heavy atom. The third-order valence-corrected chi connectivity index (χ3v) is 6.59. The third kappa shape index (κ3) is 2.76. The first kappa shape index (κ1) is 18.8. The molecule has 0 atom stereocenters. The summed E-state index contributed by atoms with van der Waals surface area (Å²) in [6.07, 6.45) is 4.80. The topological polar surface area (TPSA) is 16.1 Å². The molecule has 0 aliphatic carbocycles. The van der Waals surface area contributed by atoms with Crippen LogP contribution in [-0.2, 0) is 6.42 Å². The number of aryl methyl sites for hydroxylation is 2. The summed E-state index contributed by atoms with van der Waals surface area (Å²) in [5, 5.41) is 2.56. The van der Waals surface area contributed by atoms with E-state index in [1.165, 1.54) is 55.5 Å². The minimum Gasteiger partial charge on any atom is -0.308 e. The van der Waals surface area contributed by atoms with Crippen LogP contribution in [0.2, 0.25) is 0 Å². The highest BCUT2D eigenvalue weighted by Crippen LogP contribution is 2.52. The Balaban J connectivity index is 1.71. The molecule has 2 heterocycles. The standard InChI is InChI=1S/C30H24N2/c1-3-21-9-4-5-13-24(21)26-18-27-25-14-6-10-22-11-7-15-28(30(22)25)32(29(27)17-20(26)2)23-12-8-16-31-19-23/h4-19H,3H2,1-2H3. The highest BCUT2D eigenvalue weighted by Gasteiger charge is 2.27. The fraction of sp³-hybridized carbons (Fsp3) is 0.100. The van der Waals surface area contributed by atoms with Gasteiger partial charge in [-0.25, -0.2) is 0 Å². The number of nitrogens with zero attached hydrogens (tertiary/aromatic N) is 2. The maximum absolute atomic E-state index is 4.42. The first-order chi connectivity index (χ1) is 15.8. The lowest BCUT2D eigenvalue weighted by Crippen LogP contribution is -2.15. The van der Waals surface area contributed by atoms with Crippen molar-refractivity contribution in [2.24, 2.45) is 0 Å². The Kier molecular flexibility index (Phi) is 4.32. The Labute approximate surface area is 188 Å². The molecule has 32 heavy (non-hydrogen) atoms. The molecule has 6 rings (SSSR count). The quantitative estimate of drug-likeness (QED) is 0.291. The Bertz CT molecular complexity index is 1460. The third-order valence-electron chi connectivity index (χ3n) is 6.59. The zero-order valence-corrected chi connectivity index (χ0v) is 18.3. The van der Waals surface area contributed by atoms with Gasteiger partial charge in [-0.05, 0) is 76.9 Å². The average molecular weight is 413 g/mol. The van der Waals surface area contributed by atoms with Crippen molar-refractivity contribution in [2.75, 3.05) is 4.90 Å². The van der Waals surface area contributed by atoms with E-state index in [0.29, 0.717) is 0 Å². The van der Waals surface area contributed by atoms with Crippen molar-refractivity contribution in [2.45, 2.75) is 20.3 Å². The van der Waals surface area contributed by atoms with Crippen LogP contribution < -0.4 is 4.90 Å². The van der Waals surface area contributed by atoms with Gasteiger partial charge in [0.05, 0.1) is 23.3 Å². The predicted octanol–water partition coefficient (Wildman–Crippen LogP) is 8.22. The molecule has 1 aliphatic heterocycles. The van der Waals surface area contributed by atoms with E-state index in [4.69, 9.17) is 0 Å². The van der Waals surface area contributed by atoms with Crippen LogP contribution in [0.5, 0.6) is 0 Å². The second-order valence-corrected chi connectivity index (χ2v) is 8.42. The van der Waals surface area contributed by atoms with Crippen LogP contribution in [0.4, 0.5) is 17.1 Å². The summed E-state index contributed by atoms with van der Waals surface area (Å²) < 4.78 is 0. The molecule has 0 saturated carbocycles. The summed E-state index contributed by atoms with van der Waals surface area (Å²) in [6.45, 7) is 4.46. The van der Waals surface area contributed by atoms with Gasteiger partial charge in [0.15, 0.2) is 0 Å². The molecule has 0 N–H and O–H groups in total. The maximum Gasteiger partial charge on any atom is 0.0645 e. The molecule has 0 amide bonds. The van der Waals surface area contributed by atoms with Crippen molar-refractivity contribution in [3.8, 4) is 22.3 Å². The Morgan fingerprint density at radius 2 is 1.53 bits per heavy atom. The van der Waals surface area contributed by atoms with Gasteiger partial charge < -0.3 is 4.90 Å². The largest absolute Gasteiger partial charge is 0.308 e. The van der Waals surface area contributed by atoms with E-state index < -0.39 is 0 Å². The summed E-state index contributed by atoms with van der Waals surface area (Å²) >= 11 is 0. The summed E-state index contributed by atoms with van der Waals surface area (Å²) in [5.74, 6) is 0. The van der Waals surface area contributed by atoms with Gasteiger partial charge in [0, 0.05) is 17.1 Å². The van der Waals surface area contributed by atoms with E-state index >= 15 is 0 Å². The molecule has 0 unspecified atom stereocenters. The van der Waals surface area contributed by atoms with Crippen molar-refractivity contribution < 1.29 is 0 Å². The van der Waals surface area contributed by atoms with Crippen LogP contribution >= 0.6 is 0 Å². The van der Waals surface area contributed by atoms with Crippen molar-refractivity contribution in [3.63, 3.8) is 0 Å². The number of fused-ring (bicyclic) bond motifs is 2. The highest BCUT2D eigenvalue weighted by atomic mass is 15.2. The molecular weight excluding hydrogens is 388 g/mol. The van der Waals surface area contributed by atoms with Gasteiger partial charge in [-0.15, -0.1) is 0 Å². The lowest BCUT2D eigenvalue weighted by molar-refractivity contribution is 1.14. The van der Waals surface area contributed by atoms with Crippen molar-refractivity contribution in [1.29, 1.82) is 0 Å². The molecule has 1 aromatic heterocycles. The van der Waals surface area contributed by atoms with Gasteiger partial charge in [-0.1, -0.05) is 61.5 Å². The van der Waals surface area contributed by atoms with Crippen molar-refractivity contribution in [3.05, 3.63) is 108 Å². The number of benzene rings is 4. The minimum absolute atomic E-state index is 1.02. The fourth-order valence-electron chi connectivity index (χ4n) is 5.10. The van der Waals surface area contributed by atoms with E-state index in [1.807, 2.05) is 18.5 Å². The minimum atomic E-state index is 1.02. The van der Waals surface area contributed by atoms with Crippen LogP contribution in [0.25, 0.3) is 33.0 Å². The van der Waals surface area contributed by atoms with E-state index in [2.05, 4.69) is 103 Å². The molecule has 0 fully saturated rings. The first-order valence-corrected chi connectivity index (χ1v) is 11.2. The van der Waals surface area contributed by atoms with Crippen LogP contribution in [0.1, 0.15) is 18.1 Å². The van der Waals surface area contributed by atoms with Crippen LogP contribution in [0, 0.1) is 6.92 Å². The molecule has 0 bridgehead atoms. The molecule has 0 saturated heterocycles. The molecule has 2 nitrogen and oxygen atoms in total. The van der Waals surface area contributed by atoms with E-state index in [-0.39, 0.29) is 0 Å². The number of hydrogen-bond donors (Lipinski definition) is 0. The average Bonchev–Trinajstić information content (AvgIpc) is 2.85. The molecule has 0 spiro atoms. The molecule has 154 valence electrons. The molecule has 5 aromatic rings. The van der Waals surface area contributed by atoms with Gasteiger partial charge in [0.1, 0.15) is 0 Å². The lowest BCUT2D eigenvalue weighted by atomic mass is 9.86. The molecule has 1 aliphatic rings. The van der Waals surface area contributed by atoms with Crippen LogP contribution in [0.3, 0.4) is 0 Å². The van der Waals surface area contributed by atoms with Gasteiger partial charge >= 0.3 is 0 Å². The van der Waals surface area contributed by atoms with E-state index in [0.717, 1.165) is 12.1 Å². The Morgan fingerprint density at radius 3 is 2.34 bits per heavy atom. The van der Waals surface area contributed by atoms with Gasteiger partial charge in [-0.3, -0.25) is 4.98 Å². The summed E-state index contributed by atoms with van der Waals surface area (Å²) in [6, 6.07) is 30.9. The molecular formula is C30H24N2. The second kappa shape index (κ2) is 7.35. The van der Waals surface area contributed by atoms with Gasteiger partial charge in [0.2, 0.25) is 0 Å². The smallest absolute Gasteiger partial charge is 0.0645 e. The van der Waals surface area contributed by atoms with Crippen molar-refractivity contribution >= 4 is 27.8 Å². The van der Waals surface area contributed by atoms with E-state index in [1.54, 1.807) is 0 Å². The molecule has 0 radical (unpaired) electrons. The number of aromatic nitrogens is 1. The van der Waals surface area contributed by atoms with Crippen molar-refractivity contribution in [1.82, 2.24) is 4.98 Å². The van der Waals surface area contributed by atoms with Gasteiger partial charge in [0.25, 0.3) is 0 Å². The lowest BCUT2D eigenvalue weighted by Gasteiger charge is -2.34.